The standard InChI is InChI=1S/C12H23N3S/c1-5-13-11(16)15-14-10-6-9(2)7-12(3,4)8-10/h9H,5-8H2,1-4H3,(H2,13,15,16)/b14-10-/t9-/m1/s1. The molecular formula is C12H23N3S. The molecule has 1 atom stereocenters. The summed E-state index contributed by atoms with van der Waals surface area (Å²) in [7, 11) is 0. The highest BCUT2D eigenvalue weighted by Crippen LogP contribution is 2.36. The van der Waals surface area contributed by atoms with E-state index in [2.05, 4.69) is 36.6 Å². The van der Waals surface area contributed by atoms with Crippen molar-refractivity contribution in [2.75, 3.05) is 6.54 Å². The minimum Gasteiger partial charge on any atom is -0.362 e. The lowest BCUT2D eigenvalue weighted by atomic mass is 9.72. The summed E-state index contributed by atoms with van der Waals surface area (Å²) in [6.45, 7) is 9.76. The van der Waals surface area contributed by atoms with Gasteiger partial charge in [0, 0.05) is 12.3 Å². The van der Waals surface area contributed by atoms with Gasteiger partial charge < -0.3 is 5.32 Å². The Balaban J connectivity index is 2.52. The molecule has 1 rings (SSSR count). The third-order valence-electron chi connectivity index (χ3n) is 2.82. The molecule has 0 radical (unpaired) electrons. The second kappa shape index (κ2) is 5.62. The maximum absolute atomic E-state index is 5.08. The lowest BCUT2D eigenvalue weighted by molar-refractivity contribution is 0.265. The van der Waals surface area contributed by atoms with E-state index in [0.717, 1.165) is 25.3 Å². The predicted molar refractivity (Wildman–Crippen MR) is 73.6 cm³/mol. The van der Waals surface area contributed by atoms with E-state index < -0.39 is 0 Å². The Morgan fingerprint density at radius 1 is 1.56 bits per heavy atom. The van der Waals surface area contributed by atoms with Crippen molar-refractivity contribution in [2.24, 2.45) is 16.4 Å². The van der Waals surface area contributed by atoms with E-state index >= 15 is 0 Å². The highest BCUT2D eigenvalue weighted by Gasteiger charge is 2.29. The van der Waals surface area contributed by atoms with Gasteiger partial charge in [-0.1, -0.05) is 20.8 Å². The molecule has 0 aromatic heterocycles. The van der Waals surface area contributed by atoms with Crippen molar-refractivity contribution in [2.45, 2.75) is 47.0 Å². The molecule has 0 saturated heterocycles. The highest BCUT2D eigenvalue weighted by atomic mass is 32.1. The number of thiocarbonyl (C=S) groups is 1. The fourth-order valence-corrected chi connectivity index (χ4v) is 2.72. The topological polar surface area (TPSA) is 36.4 Å². The summed E-state index contributed by atoms with van der Waals surface area (Å²) in [6, 6.07) is 0. The van der Waals surface area contributed by atoms with Crippen LogP contribution in [0.4, 0.5) is 0 Å². The minimum absolute atomic E-state index is 0.373. The van der Waals surface area contributed by atoms with Crippen LogP contribution in [-0.4, -0.2) is 17.4 Å². The van der Waals surface area contributed by atoms with Crippen LogP contribution in [0.5, 0.6) is 0 Å². The molecule has 4 heteroatoms. The lowest BCUT2D eigenvalue weighted by Gasteiger charge is -2.34. The van der Waals surface area contributed by atoms with Gasteiger partial charge in [0.1, 0.15) is 0 Å². The lowest BCUT2D eigenvalue weighted by Crippen LogP contribution is -2.34. The zero-order valence-electron chi connectivity index (χ0n) is 10.8. The van der Waals surface area contributed by atoms with Crippen molar-refractivity contribution in [3.63, 3.8) is 0 Å². The molecule has 1 fully saturated rings. The summed E-state index contributed by atoms with van der Waals surface area (Å²) in [5.74, 6) is 0.719. The van der Waals surface area contributed by atoms with Crippen molar-refractivity contribution in [3.05, 3.63) is 0 Å². The fraction of sp³-hybridized carbons (Fsp3) is 0.833. The SMILES string of the molecule is CCNC(=S)N/N=C1/C[C@@H](C)CC(C)(C)C1. The number of hydrogen-bond acceptors (Lipinski definition) is 2. The molecule has 0 aromatic carbocycles. The first-order valence-electron chi connectivity index (χ1n) is 6.02. The molecule has 0 bridgehead atoms. The molecule has 1 saturated carbocycles. The monoisotopic (exact) mass is 241 g/mol. The van der Waals surface area contributed by atoms with Gasteiger partial charge in [-0.05, 0) is 49.7 Å². The first-order valence-corrected chi connectivity index (χ1v) is 6.43. The van der Waals surface area contributed by atoms with Gasteiger partial charge >= 0.3 is 0 Å². The van der Waals surface area contributed by atoms with Crippen LogP contribution in [0.1, 0.15) is 47.0 Å². The zero-order chi connectivity index (χ0) is 12.2. The molecule has 0 amide bonds. The minimum atomic E-state index is 0.373. The maximum Gasteiger partial charge on any atom is 0.186 e. The van der Waals surface area contributed by atoms with E-state index in [9.17, 15) is 0 Å². The van der Waals surface area contributed by atoms with Crippen molar-refractivity contribution >= 4 is 23.0 Å². The van der Waals surface area contributed by atoms with Crippen LogP contribution in [0.25, 0.3) is 0 Å². The van der Waals surface area contributed by atoms with Gasteiger partial charge in [0.15, 0.2) is 5.11 Å². The van der Waals surface area contributed by atoms with E-state index in [0.29, 0.717) is 10.5 Å². The molecule has 0 heterocycles. The molecule has 1 aliphatic carbocycles. The largest absolute Gasteiger partial charge is 0.362 e. The highest BCUT2D eigenvalue weighted by molar-refractivity contribution is 7.80. The van der Waals surface area contributed by atoms with Crippen molar-refractivity contribution in [1.82, 2.24) is 10.7 Å². The molecule has 0 spiro atoms. The molecule has 0 aliphatic heterocycles. The second-order valence-corrected chi connectivity index (χ2v) is 5.91. The zero-order valence-corrected chi connectivity index (χ0v) is 11.6. The normalized spacial score (nSPS) is 26.5. The Morgan fingerprint density at radius 3 is 2.81 bits per heavy atom. The first-order chi connectivity index (χ1) is 7.43. The van der Waals surface area contributed by atoms with Gasteiger partial charge in [-0.15, -0.1) is 0 Å². The van der Waals surface area contributed by atoms with Crippen molar-refractivity contribution in [1.29, 1.82) is 0 Å². The molecular weight excluding hydrogens is 218 g/mol. The van der Waals surface area contributed by atoms with Crippen molar-refractivity contribution < 1.29 is 0 Å². The molecule has 2 N–H and O–H groups in total. The maximum atomic E-state index is 5.08. The molecule has 92 valence electrons. The summed E-state index contributed by atoms with van der Waals surface area (Å²) in [5.41, 5.74) is 4.53. The quantitative estimate of drug-likeness (QED) is 0.576. The van der Waals surface area contributed by atoms with Crippen LogP contribution in [0.3, 0.4) is 0 Å². The average molecular weight is 241 g/mol. The van der Waals surface area contributed by atoms with Crippen LogP contribution < -0.4 is 10.7 Å². The second-order valence-electron chi connectivity index (χ2n) is 5.50. The summed E-state index contributed by atoms with van der Waals surface area (Å²) in [5, 5.41) is 8.06. The van der Waals surface area contributed by atoms with E-state index in [1.165, 1.54) is 12.1 Å². The first kappa shape index (κ1) is 13.4. The van der Waals surface area contributed by atoms with Crippen LogP contribution in [0.15, 0.2) is 5.10 Å². The molecule has 0 aromatic rings. The Kier molecular flexibility index (Phi) is 4.71. The summed E-state index contributed by atoms with van der Waals surface area (Å²) in [6.07, 6.45) is 3.44. The number of nitrogens with zero attached hydrogens (tertiary/aromatic N) is 1. The predicted octanol–water partition coefficient (Wildman–Crippen LogP) is 2.67. The Bertz CT molecular complexity index is 284. The van der Waals surface area contributed by atoms with Gasteiger partial charge in [-0.2, -0.15) is 5.10 Å². The number of nitrogens with one attached hydrogen (secondary N) is 2. The van der Waals surface area contributed by atoms with Crippen LogP contribution in [-0.2, 0) is 0 Å². The Labute approximate surface area is 104 Å². The average Bonchev–Trinajstić information content (AvgIpc) is 2.12. The Morgan fingerprint density at radius 2 is 2.25 bits per heavy atom. The third-order valence-corrected chi connectivity index (χ3v) is 3.06. The van der Waals surface area contributed by atoms with Crippen LogP contribution in [0.2, 0.25) is 0 Å². The molecule has 1 aliphatic rings. The fourth-order valence-electron chi connectivity index (χ4n) is 2.53. The summed E-state index contributed by atoms with van der Waals surface area (Å²) >= 11 is 5.08. The van der Waals surface area contributed by atoms with Gasteiger partial charge in [-0.3, -0.25) is 5.43 Å². The van der Waals surface area contributed by atoms with E-state index in [4.69, 9.17) is 12.2 Å². The van der Waals surface area contributed by atoms with E-state index in [1.54, 1.807) is 0 Å². The van der Waals surface area contributed by atoms with Crippen molar-refractivity contribution in [3.8, 4) is 0 Å². The van der Waals surface area contributed by atoms with Crippen LogP contribution in [0, 0.1) is 11.3 Å². The van der Waals surface area contributed by atoms with Crippen LogP contribution >= 0.6 is 12.2 Å². The molecule has 16 heavy (non-hydrogen) atoms. The van der Waals surface area contributed by atoms with Gasteiger partial charge in [0.05, 0.1) is 0 Å². The Hall–Kier alpha value is -0.640. The van der Waals surface area contributed by atoms with Gasteiger partial charge in [-0.25, -0.2) is 0 Å². The number of hydrazone groups is 1. The molecule has 0 unspecified atom stereocenters. The third kappa shape index (κ3) is 4.47. The van der Waals surface area contributed by atoms with E-state index in [1.807, 2.05) is 6.92 Å². The smallest absolute Gasteiger partial charge is 0.186 e. The van der Waals surface area contributed by atoms with E-state index in [-0.39, 0.29) is 0 Å². The summed E-state index contributed by atoms with van der Waals surface area (Å²) < 4.78 is 0. The van der Waals surface area contributed by atoms with Gasteiger partial charge in [0.2, 0.25) is 0 Å². The summed E-state index contributed by atoms with van der Waals surface area (Å²) in [4.78, 5) is 0. The van der Waals surface area contributed by atoms with Gasteiger partial charge in [0.25, 0.3) is 0 Å². The molecule has 3 nitrogen and oxygen atoms in total. The number of hydrogen-bond donors (Lipinski definition) is 2. The number of rotatable bonds is 2.